The average molecular weight is 342 g/mol. The van der Waals surface area contributed by atoms with Crippen LogP contribution in [0, 0.1) is 0 Å². The molecule has 1 aliphatic heterocycles. The highest BCUT2D eigenvalue weighted by molar-refractivity contribution is 5.80. The number of carbonyl (C=O) groups excluding carboxylic acids is 1. The van der Waals surface area contributed by atoms with E-state index in [9.17, 15) is 20.1 Å². The zero-order valence-electron chi connectivity index (χ0n) is 13.5. The minimum absolute atomic E-state index is 0.145. The minimum atomic E-state index is -1.32. The van der Waals surface area contributed by atoms with E-state index in [-0.39, 0.29) is 5.78 Å². The topological polar surface area (TPSA) is 136 Å². The average Bonchev–Trinajstić information content (AvgIpc) is 3.07. The lowest BCUT2D eigenvalue weighted by atomic mass is 9.92. The Morgan fingerprint density at radius 2 is 1.88 bits per heavy atom. The molecule has 1 aromatic heterocycles. The predicted octanol–water partition coefficient (Wildman–Crippen LogP) is -0.686. The Morgan fingerprint density at radius 1 is 1.12 bits per heavy atom. The van der Waals surface area contributed by atoms with Crippen LogP contribution in [0.25, 0.3) is 0 Å². The molecule has 24 heavy (non-hydrogen) atoms. The van der Waals surface area contributed by atoms with Crippen molar-refractivity contribution < 1.29 is 30.0 Å². The number of aliphatic hydroxyl groups is 4. The number of nitrogens with zero attached hydrogens (tertiary/aromatic N) is 1. The van der Waals surface area contributed by atoms with Gasteiger partial charge in [-0.25, -0.2) is 4.98 Å². The van der Waals surface area contributed by atoms with Crippen LogP contribution < -0.4 is 0 Å². The quantitative estimate of drug-likeness (QED) is 0.375. The fourth-order valence-electron chi connectivity index (χ4n) is 2.94. The first-order valence-electron chi connectivity index (χ1n) is 8.32. The van der Waals surface area contributed by atoms with Crippen LogP contribution in [0.3, 0.4) is 0 Å². The maximum atomic E-state index is 11.8. The first-order valence-corrected chi connectivity index (χ1v) is 8.32. The second-order valence-electron chi connectivity index (χ2n) is 6.26. The SMILES string of the molecule is O=C(CCCCCC1OC(CO)C(O)C(O)C1O)Cc1cnc[nH]1. The van der Waals surface area contributed by atoms with Crippen LogP contribution >= 0.6 is 0 Å². The smallest absolute Gasteiger partial charge is 0.138 e. The number of imidazole rings is 1. The lowest BCUT2D eigenvalue weighted by Crippen LogP contribution is -2.58. The number of carbonyl (C=O) groups is 1. The molecule has 5 atom stereocenters. The Kier molecular flexibility index (Phi) is 7.32. The Hall–Kier alpha value is -1.32. The maximum absolute atomic E-state index is 11.8. The van der Waals surface area contributed by atoms with Gasteiger partial charge in [-0.15, -0.1) is 0 Å². The van der Waals surface area contributed by atoms with Gasteiger partial charge in [0, 0.05) is 24.7 Å². The third kappa shape index (κ3) is 5.09. The van der Waals surface area contributed by atoms with Gasteiger partial charge in [0.1, 0.15) is 30.2 Å². The number of aliphatic hydroxyl groups excluding tert-OH is 4. The zero-order chi connectivity index (χ0) is 17.5. The van der Waals surface area contributed by atoms with Gasteiger partial charge < -0.3 is 30.1 Å². The molecule has 136 valence electrons. The minimum Gasteiger partial charge on any atom is -0.394 e. The summed E-state index contributed by atoms with van der Waals surface area (Å²) in [5, 5.41) is 38.5. The zero-order valence-corrected chi connectivity index (χ0v) is 13.5. The van der Waals surface area contributed by atoms with Crippen LogP contribution in [0.15, 0.2) is 12.5 Å². The van der Waals surface area contributed by atoms with E-state index in [1.807, 2.05) is 0 Å². The van der Waals surface area contributed by atoms with Gasteiger partial charge in [0.15, 0.2) is 0 Å². The summed E-state index contributed by atoms with van der Waals surface area (Å²) in [6, 6.07) is 0. The number of H-pyrrole nitrogens is 1. The summed E-state index contributed by atoms with van der Waals surface area (Å²) in [6.07, 6.45) is 1.47. The van der Waals surface area contributed by atoms with Gasteiger partial charge in [0.25, 0.3) is 0 Å². The Labute approximate surface area is 140 Å². The van der Waals surface area contributed by atoms with Crippen molar-refractivity contribution in [3.05, 3.63) is 18.2 Å². The fourth-order valence-corrected chi connectivity index (χ4v) is 2.94. The number of ketones is 1. The lowest BCUT2D eigenvalue weighted by molar-refractivity contribution is -0.230. The third-order valence-corrected chi connectivity index (χ3v) is 4.38. The van der Waals surface area contributed by atoms with Gasteiger partial charge in [-0.3, -0.25) is 4.79 Å². The van der Waals surface area contributed by atoms with Gasteiger partial charge in [-0.05, 0) is 12.8 Å². The molecule has 5 unspecified atom stereocenters. The van der Waals surface area contributed by atoms with E-state index >= 15 is 0 Å². The summed E-state index contributed by atoms with van der Waals surface area (Å²) in [6.45, 7) is -0.413. The molecule has 2 rings (SSSR count). The molecule has 0 amide bonds. The van der Waals surface area contributed by atoms with E-state index in [0.29, 0.717) is 19.3 Å². The van der Waals surface area contributed by atoms with Crippen molar-refractivity contribution in [1.29, 1.82) is 0 Å². The second kappa shape index (κ2) is 9.24. The van der Waals surface area contributed by atoms with Gasteiger partial charge in [-0.2, -0.15) is 0 Å². The summed E-state index contributed by atoms with van der Waals surface area (Å²) >= 11 is 0. The summed E-state index contributed by atoms with van der Waals surface area (Å²) < 4.78 is 5.44. The van der Waals surface area contributed by atoms with Crippen LogP contribution in [0.5, 0.6) is 0 Å². The monoisotopic (exact) mass is 342 g/mol. The highest BCUT2D eigenvalue weighted by Crippen LogP contribution is 2.24. The van der Waals surface area contributed by atoms with Crippen molar-refractivity contribution in [2.45, 2.75) is 69.0 Å². The first-order chi connectivity index (χ1) is 11.5. The van der Waals surface area contributed by atoms with Crippen molar-refractivity contribution in [2.24, 2.45) is 0 Å². The van der Waals surface area contributed by atoms with Crippen LogP contribution in [0.2, 0.25) is 0 Å². The number of rotatable bonds is 9. The van der Waals surface area contributed by atoms with Crippen molar-refractivity contribution in [3.63, 3.8) is 0 Å². The Bertz CT molecular complexity index is 493. The molecular weight excluding hydrogens is 316 g/mol. The Balaban J connectivity index is 1.63. The largest absolute Gasteiger partial charge is 0.394 e. The standard InChI is InChI=1S/C16H26N2O6/c19-8-13-15(22)16(23)14(21)12(24-13)5-3-1-2-4-11(20)6-10-7-17-9-18-10/h7,9,12-16,19,21-23H,1-6,8H2,(H,17,18). The summed E-state index contributed by atoms with van der Waals surface area (Å²) in [5.41, 5.74) is 0.807. The molecule has 0 saturated carbocycles. The number of ether oxygens (including phenoxy) is 1. The molecular formula is C16H26N2O6. The van der Waals surface area contributed by atoms with E-state index in [1.54, 1.807) is 12.5 Å². The molecule has 0 radical (unpaired) electrons. The molecule has 8 nitrogen and oxygen atoms in total. The van der Waals surface area contributed by atoms with Crippen molar-refractivity contribution in [1.82, 2.24) is 9.97 Å². The van der Waals surface area contributed by atoms with Gasteiger partial charge >= 0.3 is 0 Å². The van der Waals surface area contributed by atoms with Crippen LogP contribution in [-0.4, -0.2) is 73.3 Å². The molecule has 0 aliphatic carbocycles. The normalized spacial score (nSPS) is 30.4. The van der Waals surface area contributed by atoms with Crippen molar-refractivity contribution >= 4 is 5.78 Å². The molecule has 0 aromatic carbocycles. The first kappa shape index (κ1) is 19.0. The molecule has 1 saturated heterocycles. The van der Waals surface area contributed by atoms with Gasteiger partial charge in [0.05, 0.1) is 19.0 Å². The summed E-state index contributed by atoms with van der Waals surface area (Å²) in [7, 11) is 0. The summed E-state index contributed by atoms with van der Waals surface area (Å²) in [5.74, 6) is 0.145. The highest BCUT2D eigenvalue weighted by atomic mass is 16.5. The van der Waals surface area contributed by atoms with Crippen molar-refractivity contribution in [3.8, 4) is 0 Å². The van der Waals surface area contributed by atoms with Crippen LogP contribution in [0.4, 0.5) is 0 Å². The molecule has 5 N–H and O–H groups in total. The molecule has 0 bridgehead atoms. The van der Waals surface area contributed by atoms with Gasteiger partial charge in [0.2, 0.25) is 0 Å². The lowest BCUT2D eigenvalue weighted by Gasteiger charge is -2.40. The van der Waals surface area contributed by atoms with E-state index in [2.05, 4.69) is 9.97 Å². The second-order valence-corrected chi connectivity index (χ2v) is 6.26. The number of unbranched alkanes of at least 4 members (excludes halogenated alkanes) is 2. The van der Waals surface area contributed by atoms with Crippen molar-refractivity contribution in [2.75, 3.05) is 6.61 Å². The number of aromatic nitrogens is 2. The van der Waals surface area contributed by atoms with Gasteiger partial charge in [-0.1, -0.05) is 12.8 Å². The number of hydrogen-bond acceptors (Lipinski definition) is 7. The number of nitrogens with one attached hydrogen (secondary N) is 1. The van der Waals surface area contributed by atoms with Crippen LogP contribution in [0.1, 0.15) is 37.8 Å². The number of hydrogen-bond donors (Lipinski definition) is 5. The number of Topliss-reactive ketones (excluding diaryl/α,β-unsaturated/α-hetero) is 1. The van der Waals surface area contributed by atoms with E-state index in [1.165, 1.54) is 0 Å². The third-order valence-electron chi connectivity index (χ3n) is 4.38. The molecule has 1 aliphatic rings. The van der Waals surface area contributed by atoms with E-state index in [0.717, 1.165) is 25.0 Å². The summed E-state index contributed by atoms with van der Waals surface area (Å²) in [4.78, 5) is 18.5. The maximum Gasteiger partial charge on any atom is 0.138 e. The fraction of sp³-hybridized carbons (Fsp3) is 0.750. The molecule has 8 heteroatoms. The van der Waals surface area contributed by atoms with Crippen LogP contribution in [-0.2, 0) is 16.0 Å². The highest BCUT2D eigenvalue weighted by Gasteiger charge is 2.42. The Morgan fingerprint density at radius 3 is 2.54 bits per heavy atom. The molecule has 0 spiro atoms. The van der Waals surface area contributed by atoms with E-state index < -0.39 is 37.1 Å². The molecule has 2 heterocycles. The molecule has 1 aromatic rings. The predicted molar refractivity (Wildman–Crippen MR) is 84.2 cm³/mol. The number of aromatic amines is 1. The molecule has 1 fully saturated rings. The van der Waals surface area contributed by atoms with E-state index in [4.69, 9.17) is 9.84 Å².